The number of rotatable bonds is 1. The Hall–Kier alpha value is 0.734. The third-order valence-electron chi connectivity index (χ3n) is 0.862. The van der Waals surface area contributed by atoms with Gasteiger partial charge in [-0.1, -0.05) is 0 Å². The molecule has 0 aliphatic rings. The molecule has 3 heteroatoms. The van der Waals surface area contributed by atoms with Crippen LogP contribution in [-0.2, 0) is 37.5 Å². The Bertz CT molecular complexity index is 82.9. The first-order chi connectivity index (χ1) is 2.94. The zero-order chi connectivity index (χ0) is 6.08. The van der Waals surface area contributed by atoms with E-state index in [2.05, 4.69) is 0 Å². The van der Waals surface area contributed by atoms with Crippen LogP contribution < -0.4 is 0 Å². The van der Waals surface area contributed by atoms with Crippen LogP contribution in [0.15, 0.2) is 0 Å². The van der Waals surface area contributed by atoms with Crippen LogP contribution in [-0.4, -0.2) is 16.5 Å². The van der Waals surface area contributed by atoms with Crippen molar-refractivity contribution in [2.24, 2.45) is 0 Å². The van der Waals surface area contributed by atoms with Gasteiger partial charge < -0.3 is 5.11 Å². The maximum atomic E-state index is 10.2. The summed E-state index contributed by atoms with van der Waals surface area (Å²) in [7, 11) is 0. The third kappa shape index (κ3) is 4.88. The van der Waals surface area contributed by atoms with Gasteiger partial charge in [-0.25, -0.2) is 0 Å². The molecule has 0 rings (SSSR count). The van der Waals surface area contributed by atoms with Crippen molar-refractivity contribution in [3.05, 3.63) is 0 Å². The van der Waals surface area contributed by atoms with Gasteiger partial charge in [0.2, 0.25) is 0 Å². The van der Waals surface area contributed by atoms with Crippen LogP contribution in [0.5, 0.6) is 0 Å². The van der Waals surface area contributed by atoms with Crippen LogP contribution >= 0.6 is 0 Å². The molecule has 45 valence electrons. The van der Waals surface area contributed by atoms with Gasteiger partial charge >= 0.3 is 0 Å². The molecule has 0 aromatic heterocycles. The quantitative estimate of drug-likeness (QED) is 0.649. The van der Waals surface area contributed by atoms with Crippen LogP contribution in [0, 0.1) is 0 Å². The maximum absolute atomic E-state index is 10.2. The number of aliphatic hydroxyl groups is 1. The summed E-state index contributed by atoms with van der Waals surface area (Å²) in [6.45, 7) is 4.30. The second kappa shape index (κ2) is 3.70. The fourth-order valence-corrected chi connectivity index (χ4v) is 0. The topological polar surface area (TPSA) is 37.3 Å². The average Bonchev–Trinajstić information content (AvgIpc) is 1.31. The van der Waals surface area contributed by atoms with E-state index in [0.29, 0.717) is 0 Å². The van der Waals surface area contributed by atoms with Gasteiger partial charge in [-0.15, -0.1) is 0 Å². The van der Waals surface area contributed by atoms with E-state index in [0.717, 1.165) is 0 Å². The average molecular weight is 191 g/mol. The smallest absolute Gasteiger partial charge is 0.160 e. The number of Topliss-reactive ketones (excluding diaryl/α,β-unsaturated/α-hetero) is 1. The second-order valence-electron chi connectivity index (χ2n) is 2.12. The predicted octanol–water partition coefficient (Wildman–Crippen LogP) is 0.344. The van der Waals surface area contributed by atoms with E-state index in [-0.39, 0.29) is 38.5 Å². The van der Waals surface area contributed by atoms with Crippen molar-refractivity contribution in [1.29, 1.82) is 0 Å². The molecule has 0 unspecified atom stereocenters. The number of hydrogen-bond acceptors (Lipinski definition) is 2. The van der Waals surface area contributed by atoms with Crippen LogP contribution in [0.1, 0.15) is 20.8 Å². The first kappa shape index (κ1) is 11.5. The number of ketones is 1. The second-order valence-corrected chi connectivity index (χ2v) is 2.12. The van der Waals surface area contributed by atoms with E-state index >= 15 is 0 Å². The summed E-state index contributed by atoms with van der Waals surface area (Å²) in [5.74, 6) is -0.201. The monoisotopic (exact) mass is 191 g/mol. The molecule has 2 nitrogen and oxygen atoms in total. The summed E-state index contributed by atoms with van der Waals surface area (Å²) in [5, 5.41) is 8.75. The molecule has 0 spiro atoms. The van der Waals surface area contributed by atoms with E-state index < -0.39 is 5.60 Å². The van der Waals surface area contributed by atoms with Crippen molar-refractivity contribution in [2.45, 2.75) is 26.4 Å². The molecule has 0 aliphatic heterocycles. The summed E-state index contributed by atoms with van der Waals surface area (Å²) in [4.78, 5) is 10.2. The Morgan fingerprint density at radius 2 is 1.62 bits per heavy atom. The van der Waals surface area contributed by atoms with Crippen LogP contribution in [0.2, 0.25) is 0 Å². The molecule has 1 N–H and O–H groups in total. The van der Waals surface area contributed by atoms with Crippen molar-refractivity contribution in [1.82, 2.24) is 0 Å². The van der Waals surface area contributed by atoms with Gasteiger partial charge in [0.15, 0.2) is 5.78 Å². The largest absolute Gasteiger partial charge is 0.383 e. The third-order valence-corrected chi connectivity index (χ3v) is 0.862. The Morgan fingerprint density at radius 3 is 1.62 bits per heavy atom. The molecule has 0 fully saturated rings. The number of carbonyl (C=O) groups is 1. The van der Waals surface area contributed by atoms with Crippen LogP contribution in [0.4, 0.5) is 0 Å². The Morgan fingerprint density at radius 1 is 1.50 bits per heavy atom. The van der Waals surface area contributed by atoms with Crippen molar-refractivity contribution in [3.8, 4) is 0 Å². The van der Waals surface area contributed by atoms with E-state index in [1.807, 2.05) is 0 Å². The van der Waals surface area contributed by atoms with Crippen molar-refractivity contribution >= 4 is 5.78 Å². The zero-order valence-corrected chi connectivity index (χ0v) is 8.27. The summed E-state index contributed by atoms with van der Waals surface area (Å²) < 4.78 is 0. The van der Waals surface area contributed by atoms with Gasteiger partial charge in [0.1, 0.15) is 5.60 Å². The molecule has 0 saturated heterocycles. The number of carbonyl (C=O) groups excluding carboxylic acids is 1. The molecule has 0 aromatic rings. The fraction of sp³-hybridized carbons (Fsp3) is 0.800. The number of hydrogen-bond donors (Lipinski definition) is 1. The van der Waals surface area contributed by atoms with Crippen LogP contribution in [0.25, 0.3) is 0 Å². The van der Waals surface area contributed by atoms with E-state index in [9.17, 15) is 4.79 Å². The summed E-state index contributed by atoms with van der Waals surface area (Å²) in [5.41, 5.74) is -1.14. The minimum atomic E-state index is -1.14. The minimum Gasteiger partial charge on any atom is -0.383 e. The summed E-state index contributed by atoms with van der Waals surface area (Å²) >= 11 is 0. The molecule has 0 bridgehead atoms. The maximum Gasteiger partial charge on any atom is 0.160 e. The van der Waals surface area contributed by atoms with E-state index in [1.54, 1.807) is 0 Å². The summed E-state index contributed by atoms with van der Waals surface area (Å²) in [6.07, 6.45) is 0. The molecule has 0 amide bonds. The van der Waals surface area contributed by atoms with Crippen molar-refractivity contribution in [3.63, 3.8) is 0 Å². The van der Waals surface area contributed by atoms with Gasteiger partial charge in [0, 0.05) is 32.7 Å². The van der Waals surface area contributed by atoms with Crippen molar-refractivity contribution < 1.29 is 42.6 Å². The standard InChI is InChI=1S/C5H10O2.Y/c1-4(6)5(2,3)7;/h7H,1-3H3;. The SMILES string of the molecule is CC(=O)C(C)(C)O.[Y]. The predicted molar refractivity (Wildman–Crippen MR) is 27.0 cm³/mol. The van der Waals surface area contributed by atoms with E-state index in [1.165, 1.54) is 20.8 Å². The molecule has 0 atom stereocenters. The Kier molecular flexibility index (Phi) is 5.33. The Balaban J connectivity index is 0. The van der Waals surface area contributed by atoms with Crippen LogP contribution in [0.3, 0.4) is 0 Å². The van der Waals surface area contributed by atoms with Gasteiger partial charge in [-0.2, -0.15) is 0 Å². The first-order valence-electron chi connectivity index (χ1n) is 2.18. The molecule has 0 aromatic carbocycles. The molecule has 0 aliphatic carbocycles. The van der Waals surface area contributed by atoms with Gasteiger partial charge in [0.25, 0.3) is 0 Å². The Labute approximate surface area is 74.5 Å². The summed E-state index contributed by atoms with van der Waals surface area (Å²) in [6, 6.07) is 0. The van der Waals surface area contributed by atoms with Gasteiger partial charge in [0.05, 0.1) is 0 Å². The first-order valence-corrected chi connectivity index (χ1v) is 2.18. The molecule has 0 saturated carbocycles. The normalized spacial score (nSPS) is 10.0. The molecule has 1 radical (unpaired) electrons. The van der Waals surface area contributed by atoms with Gasteiger partial charge in [-0.3, -0.25) is 4.79 Å². The molecule has 8 heavy (non-hydrogen) atoms. The van der Waals surface area contributed by atoms with Crippen molar-refractivity contribution in [2.75, 3.05) is 0 Å². The molecular formula is C5H10O2Y. The zero-order valence-electron chi connectivity index (χ0n) is 5.43. The van der Waals surface area contributed by atoms with Gasteiger partial charge in [-0.05, 0) is 20.8 Å². The molecular weight excluding hydrogens is 181 g/mol. The minimum absolute atomic E-state index is 0. The molecule has 0 heterocycles. The van der Waals surface area contributed by atoms with E-state index in [4.69, 9.17) is 5.11 Å². The fourth-order valence-electron chi connectivity index (χ4n) is 0.